The quantitative estimate of drug-likeness (QED) is 0.771. The average molecular weight is 285 g/mol. The van der Waals surface area contributed by atoms with Crippen molar-refractivity contribution in [3.63, 3.8) is 0 Å². The van der Waals surface area contributed by atoms with Crippen LogP contribution in [-0.4, -0.2) is 11.0 Å². The molecule has 1 aromatic carbocycles. The van der Waals surface area contributed by atoms with Crippen molar-refractivity contribution in [3.8, 4) is 0 Å². The molecule has 2 rings (SSSR count). The van der Waals surface area contributed by atoms with Crippen molar-refractivity contribution >= 4 is 39.2 Å². The maximum absolute atomic E-state index is 11.7. The molecule has 1 aliphatic heterocycles. The molecular formula is C10H9BrN2OS. The number of amides is 1. The van der Waals surface area contributed by atoms with Gasteiger partial charge >= 0.3 is 0 Å². The highest BCUT2D eigenvalue weighted by molar-refractivity contribution is 9.10. The van der Waals surface area contributed by atoms with Gasteiger partial charge in [0.1, 0.15) is 5.54 Å². The number of nitrogens with one attached hydrogen (secondary N) is 2. The second-order valence-corrected chi connectivity index (χ2v) is 4.87. The van der Waals surface area contributed by atoms with Crippen LogP contribution in [0.1, 0.15) is 12.5 Å². The third-order valence-electron chi connectivity index (χ3n) is 2.45. The monoisotopic (exact) mass is 284 g/mol. The van der Waals surface area contributed by atoms with E-state index in [0.29, 0.717) is 5.11 Å². The van der Waals surface area contributed by atoms with Crippen LogP contribution in [-0.2, 0) is 10.3 Å². The Bertz CT molecular complexity index is 449. The van der Waals surface area contributed by atoms with Crippen LogP contribution >= 0.6 is 28.1 Å². The van der Waals surface area contributed by atoms with E-state index in [2.05, 4.69) is 26.6 Å². The second kappa shape index (κ2) is 3.57. The lowest BCUT2D eigenvalue weighted by molar-refractivity contribution is -0.123. The van der Waals surface area contributed by atoms with E-state index in [1.807, 2.05) is 31.2 Å². The standard InChI is InChI=1S/C10H9BrN2OS/c1-10(8(14)12-9(15)13-10)6-3-2-4-7(11)5-6/h2-5H,1H3,(H2,12,13,14,15). The fraction of sp³-hybridized carbons (Fsp3) is 0.200. The first-order valence-corrected chi connectivity index (χ1v) is 5.62. The molecule has 5 heteroatoms. The Morgan fingerprint density at radius 2 is 2.20 bits per heavy atom. The van der Waals surface area contributed by atoms with Gasteiger partial charge in [-0.15, -0.1) is 0 Å². The fourth-order valence-electron chi connectivity index (χ4n) is 1.55. The molecule has 0 aliphatic carbocycles. The molecule has 1 aromatic rings. The van der Waals surface area contributed by atoms with Gasteiger partial charge in [-0.25, -0.2) is 0 Å². The topological polar surface area (TPSA) is 41.1 Å². The van der Waals surface area contributed by atoms with Gasteiger partial charge in [0, 0.05) is 4.47 Å². The van der Waals surface area contributed by atoms with Crippen molar-refractivity contribution in [2.45, 2.75) is 12.5 Å². The van der Waals surface area contributed by atoms with Crippen LogP contribution in [0.4, 0.5) is 0 Å². The number of halogens is 1. The maximum atomic E-state index is 11.7. The molecule has 1 saturated heterocycles. The highest BCUT2D eigenvalue weighted by atomic mass is 79.9. The zero-order chi connectivity index (χ0) is 11.1. The molecule has 15 heavy (non-hydrogen) atoms. The molecule has 1 fully saturated rings. The van der Waals surface area contributed by atoms with Crippen LogP contribution in [0.3, 0.4) is 0 Å². The van der Waals surface area contributed by atoms with E-state index in [1.165, 1.54) is 0 Å². The molecule has 78 valence electrons. The van der Waals surface area contributed by atoms with Crippen LogP contribution in [0.15, 0.2) is 28.7 Å². The van der Waals surface area contributed by atoms with E-state index in [-0.39, 0.29) is 5.91 Å². The summed E-state index contributed by atoms with van der Waals surface area (Å²) in [7, 11) is 0. The molecule has 0 saturated carbocycles. The van der Waals surface area contributed by atoms with Gasteiger partial charge in [-0.05, 0) is 36.8 Å². The average Bonchev–Trinajstić information content (AvgIpc) is 2.42. The predicted molar refractivity (Wildman–Crippen MR) is 65.4 cm³/mol. The molecule has 1 heterocycles. The molecule has 3 nitrogen and oxygen atoms in total. The largest absolute Gasteiger partial charge is 0.345 e. The normalized spacial score (nSPS) is 24.9. The van der Waals surface area contributed by atoms with Crippen molar-refractivity contribution < 1.29 is 4.79 Å². The van der Waals surface area contributed by atoms with Gasteiger partial charge in [0.25, 0.3) is 5.91 Å². The van der Waals surface area contributed by atoms with Crippen molar-refractivity contribution in [2.24, 2.45) is 0 Å². The summed E-state index contributed by atoms with van der Waals surface area (Å²) >= 11 is 8.30. The number of rotatable bonds is 1. The number of carbonyl (C=O) groups is 1. The highest BCUT2D eigenvalue weighted by Crippen LogP contribution is 2.26. The number of benzene rings is 1. The van der Waals surface area contributed by atoms with Gasteiger partial charge in [-0.1, -0.05) is 28.1 Å². The van der Waals surface area contributed by atoms with Gasteiger partial charge in [-0.2, -0.15) is 0 Å². The minimum absolute atomic E-state index is 0.120. The van der Waals surface area contributed by atoms with Crippen LogP contribution in [0.2, 0.25) is 0 Å². The SMILES string of the molecule is CC1(c2cccc(Br)c2)NC(=S)NC1=O. The van der Waals surface area contributed by atoms with E-state index in [0.717, 1.165) is 10.0 Å². The Morgan fingerprint density at radius 1 is 1.47 bits per heavy atom. The summed E-state index contributed by atoms with van der Waals surface area (Å²) in [5, 5.41) is 5.94. The minimum atomic E-state index is -0.763. The molecule has 0 spiro atoms. The van der Waals surface area contributed by atoms with Crippen molar-refractivity contribution in [2.75, 3.05) is 0 Å². The summed E-state index contributed by atoms with van der Waals surface area (Å²) in [5.41, 5.74) is 0.121. The Hall–Kier alpha value is -0.940. The molecule has 1 amide bonds. The summed E-state index contributed by atoms with van der Waals surface area (Å²) in [5.74, 6) is -0.120. The van der Waals surface area contributed by atoms with Crippen LogP contribution < -0.4 is 10.6 Å². The summed E-state index contributed by atoms with van der Waals surface area (Å²) in [6, 6.07) is 7.60. The summed E-state index contributed by atoms with van der Waals surface area (Å²) < 4.78 is 0.939. The van der Waals surface area contributed by atoms with E-state index < -0.39 is 5.54 Å². The Labute approximate surface area is 101 Å². The molecule has 1 unspecified atom stereocenters. The molecule has 1 aliphatic rings. The Morgan fingerprint density at radius 3 is 2.73 bits per heavy atom. The van der Waals surface area contributed by atoms with Gasteiger partial charge in [-0.3, -0.25) is 4.79 Å². The third-order valence-corrected chi connectivity index (χ3v) is 3.14. The molecule has 0 bridgehead atoms. The number of hydrogen-bond donors (Lipinski definition) is 2. The first kappa shape index (κ1) is 10.6. The van der Waals surface area contributed by atoms with Gasteiger partial charge in [0.05, 0.1) is 0 Å². The molecule has 1 atom stereocenters. The predicted octanol–water partition coefficient (Wildman–Crippen LogP) is 1.67. The third kappa shape index (κ3) is 1.77. The van der Waals surface area contributed by atoms with E-state index in [4.69, 9.17) is 12.2 Å². The van der Waals surface area contributed by atoms with Crippen LogP contribution in [0, 0.1) is 0 Å². The number of hydrogen-bond acceptors (Lipinski definition) is 2. The van der Waals surface area contributed by atoms with E-state index >= 15 is 0 Å². The zero-order valence-electron chi connectivity index (χ0n) is 8.00. The summed E-state index contributed by atoms with van der Waals surface area (Å²) in [6.07, 6.45) is 0. The molecule has 2 N–H and O–H groups in total. The summed E-state index contributed by atoms with van der Waals surface area (Å²) in [4.78, 5) is 11.7. The molecule has 0 radical (unpaired) electrons. The lowest BCUT2D eigenvalue weighted by Gasteiger charge is -2.21. The fourth-order valence-corrected chi connectivity index (χ4v) is 2.24. The first-order chi connectivity index (χ1) is 7.02. The lowest BCUT2D eigenvalue weighted by Crippen LogP contribution is -2.40. The zero-order valence-corrected chi connectivity index (χ0v) is 10.4. The van der Waals surface area contributed by atoms with Crippen molar-refractivity contribution in [3.05, 3.63) is 34.3 Å². The van der Waals surface area contributed by atoms with E-state index in [1.54, 1.807) is 0 Å². The molecular weight excluding hydrogens is 276 g/mol. The van der Waals surface area contributed by atoms with Crippen LogP contribution in [0.5, 0.6) is 0 Å². The minimum Gasteiger partial charge on any atom is -0.345 e. The van der Waals surface area contributed by atoms with Crippen LogP contribution in [0.25, 0.3) is 0 Å². The Kier molecular flexibility index (Phi) is 2.52. The number of thiocarbonyl (C=S) groups is 1. The highest BCUT2D eigenvalue weighted by Gasteiger charge is 2.41. The maximum Gasteiger partial charge on any atom is 0.256 e. The van der Waals surface area contributed by atoms with Crippen molar-refractivity contribution in [1.82, 2.24) is 10.6 Å². The summed E-state index contributed by atoms with van der Waals surface area (Å²) in [6.45, 7) is 1.81. The first-order valence-electron chi connectivity index (χ1n) is 4.42. The smallest absolute Gasteiger partial charge is 0.256 e. The molecule has 0 aromatic heterocycles. The van der Waals surface area contributed by atoms with Gasteiger partial charge in [0.15, 0.2) is 5.11 Å². The van der Waals surface area contributed by atoms with Crippen molar-refractivity contribution in [1.29, 1.82) is 0 Å². The second-order valence-electron chi connectivity index (χ2n) is 3.54. The lowest BCUT2D eigenvalue weighted by atomic mass is 9.92. The van der Waals surface area contributed by atoms with Gasteiger partial charge < -0.3 is 10.6 Å². The number of carbonyl (C=O) groups excluding carboxylic acids is 1. The van der Waals surface area contributed by atoms with E-state index in [9.17, 15) is 4.79 Å². The Balaban J connectivity index is 2.46. The van der Waals surface area contributed by atoms with Gasteiger partial charge in [0.2, 0.25) is 0 Å².